The molecule has 3 rings (SSSR count). The van der Waals surface area contributed by atoms with E-state index in [9.17, 15) is 14.4 Å². The summed E-state index contributed by atoms with van der Waals surface area (Å²) in [6.07, 6.45) is 4.93. The molecule has 0 bridgehead atoms. The Kier molecular flexibility index (Phi) is 9.75. The Balaban J connectivity index is 1.73. The van der Waals surface area contributed by atoms with E-state index < -0.39 is 5.97 Å². The summed E-state index contributed by atoms with van der Waals surface area (Å²) in [5, 5.41) is 4.65. The summed E-state index contributed by atoms with van der Waals surface area (Å²) in [5.41, 5.74) is 1.04. The molecule has 0 unspecified atom stereocenters. The van der Waals surface area contributed by atoms with Crippen molar-refractivity contribution in [3.8, 4) is 0 Å². The number of hydrogen-bond donors (Lipinski definition) is 1. The fourth-order valence-electron chi connectivity index (χ4n) is 4.09. The second-order valence-electron chi connectivity index (χ2n) is 8.20. The molecule has 0 saturated heterocycles. The van der Waals surface area contributed by atoms with Crippen LogP contribution >= 0.6 is 11.3 Å². The van der Waals surface area contributed by atoms with Crippen molar-refractivity contribution in [1.82, 2.24) is 15.1 Å². The Morgan fingerprint density at radius 1 is 1.03 bits per heavy atom. The number of urea groups is 1. The highest BCUT2D eigenvalue weighted by Gasteiger charge is 2.29. The molecule has 1 N–H and O–H groups in total. The van der Waals surface area contributed by atoms with Gasteiger partial charge in [-0.05, 0) is 36.8 Å². The van der Waals surface area contributed by atoms with Gasteiger partial charge in [-0.25, -0.2) is 4.79 Å². The maximum Gasteiger partial charge on any atom is 0.325 e. The molecule has 1 aliphatic rings. The number of ether oxygens (including phenoxy) is 1. The molecule has 1 aromatic carbocycles. The van der Waals surface area contributed by atoms with Gasteiger partial charge in [0.15, 0.2) is 0 Å². The summed E-state index contributed by atoms with van der Waals surface area (Å²) in [5.74, 6) is -0.590. The lowest BCUT2D eigenvalue weighted by molar-refractivity contribution is -0.141. The third-order valence-electron chi connectivity index (χ3n) is 5.77. The van der Waals surface area contributed by atoms with Crippen LogP contribution in [0.2, 0.25) is 0 Å². The molecule has 7 nitrogen and oxygen atoms in total. The van der Waals surface area contributed by atoms with Crippen LogP contribution in [0.5, 0.6) is 0 Å². The Hall–Kier alpha value is -2.87. The molecule has 1 heterocycles. The summed E-state index contributed by atoms with van der Waals surface area (Å²) < 4.78 is 4.92. The normalized spacial score (nSPS) is 13.8. The van der Waals surface area contributed by atoms with Crippen LogP contribution in [-0.2, 0) is 27.4 Å². The van der Waals surface area contributed by atoms with Crippen molar-refractivity contribution in [2.45, 2.75) is 58.2 Å². The molecular weight excluding hydrogens is 438 g/mol. The quantitative estimate of drug-likeness (QED) is 0.527. The molecule has 3 amide bonds. The van der Waals surface area contributed by atoms with Gasteiger partial charge in [-0.3, -0.25) is 9.59 Å². The summed E-state index contributed by atoms with van der Waals surface area (Å²) >= 11 is 1.61. The van der Waals surface area contributed by atoms with E-state index in [2.05, 4.69) is 5.32 Å². The predicted molar refractivity (Wildman–Crippen MR) is 129 cm³/mol. The summed E-state index contributed by atoms with van der Waals surface area (Å²) in [6.45, 7) is 2.73. The maximum atomic E-state index is 13.5. The van der Waals surface area contributed by atoms with E-state index in [0.29, 0.717) is 13.1 Å². The summed E-state index contributed by atoms with van der Waals surface area (Å²) in [4.78, 5) is 42.8. The van der Waals surface area contributed by atoms with E-state index in [-0.39, 0.29) is 37.7 Å². The largest absolute Gasteiger partial charge is 0.465 e. The third-order valence-corrected chi connectivity index (χ3v) is 6.63. The van der Waals surface area contributed by atoms with Gasteiger partial charge in [0.2, 0.25) is 5.91 Å². The van der Waals surface area contributed by atoms with E-state index in [1.807, 2.05) is 47.8 Å². The van der Waals surface area contributed by atoms with Crippen molar-refractivity contribution in [3.05, 3.63) is 58.3 Å². The van der Waals surface area contributed by atoms with E-state index in [0.717, 1.165) is 42.5 Å². The van der Waals surface area contributed by atoms with Gasteiger partial charge < -0.3 is 19.9 Å². The van der Waals surface area contributed by atoms with Crippen LogP contribution < -0.4 is 5.32 Å². The van der Waals surface area contributed by atoms with Crippen LogP contribution in [0, 0.1) is 0 Å². The zero-order chi connectivity index (χ0) is 23.5. The van der Waals surface area contributed by atoms with Crippen LogP contribution in [0.1, 0.15) is 49.5 Å². The lowest BCUT2D eigenvalue weighted by Gasteiger charge is -2.35. The van der Waals surface area contributed by atoms with Crippen molar-refractivity contribution >= 4 is 29.2 Å². The molecule has 1 aliphatic carbocycles. The van der Waals surface area contributed by atoms with E-state index in [1.54, 1.807) is 28.1 Å². The minimum atomic E-state index is -0.482. The average Bonchev–Trinajstić information content (AvgIpc) is 3.35. The number of rotatable bonds is 10. The van der Waals surface area contributed by atoms with Gasteiger partial charge in [0, 0.05) is 17.5 Å². The summed E-state index contributed by atoms with van der Waals surface area (Å²) in [7, 11) is 0. The highest BCUT2D eigenvalue weighted by atomic mass is 32.1. The first-order valence-corrected chi connectivity index (χ1v) is 12.5. The van der Waals surface area contributed by atoms with Crippen LogP contribution in [0.15, 0.2) is 47.8 Å². The van der Waals surface area contributed by atoms with Crippen molar-refractivity contribution < 1.29 is 19.1 Å². The first kappa shape index (κ1) is 24.8. The van der Waals surface area contributed by atoms with Crippen molar-refractivity contribution in [3.63, 3.8) is 0 Å². The maximum absolute atomic E-state index is 13.5. The number of thiophene rings is 1. The zero-order valence-corrected chi connectivity index (χ0v) is 20.0. The molecule has 33 heavy (non-hydrogen) atoms. The molecule has 2 aromatic rings. The van der Waals surface area contributed by atoms with Crippen LogP contribution in [-0.4, -0.2) is 53.4 Å². The van der Waals surface area contributed by atoms with Crippen LogP contribution in [0.4, 0.5) is 4.79 Å². The number of nitrogens with one attached hydrogen (secondary N) is 1. The topological polar surface area (TPSA) is 79.0 Å². The summed E-state index contributed by atoms with van der Waals surface area (Å²) in [6, 6.07) is 13.5. The van der Waals surface area contributed by atoms with Crippen molar-refractivity contribution in [2.75, 3.05) is 19.7 Å². The third kappa shape index (κ3) is 7.89. The first-order chi connectivity index (χ1) is 16.1. The molecule has 1 saturated carbocycles. The smallest absolute Gasteiger partial charge is 0.325 e. The Bertz CT molecular complexity index is 882. The second kappa shape index (κ2) is 13.0. The minimum Gasteiger partial charge on any atom is -0.465 e. The fraction of sp³-hybridized carbons (Fsp3) is 0.480. The van der Waals surface area contributed by atoms with Gasteiger partial charge in [-0.1, -0.05) is 55.7 Å². The number of esters is 1. The number of benzene rings is 1. The molecular formula is C25H33N3O4S. The SMILES string of the molecule is CCOC(=O)CNC(=O)N(CC(=O)N(Cc1ccccc1)Cc1cccs1)C1CCCCC1. The number of hydrogen-bond acceptors (Lipinski definition) is 5. The zero-order valence-electron chi connectivity index (χ0n) is 19.2. The average molecular weight is 472 g/mol. The van der Waals surface area contributed by atoms with Crippen LogP contribution in [0.25, 0.3) is 0 Å². The standard InChI is InChI=1S/C25H33N3O4S/c1-2-32-24(30)16-26-25(31)28(21-12-7-4-8-13-21)19-23(29)27(18-22-14-9-15-33-22)17-20-10-5-3-6-11-20/h3,5-6,9-11,14-15,21H,2,4,7-8,12-13,16-19H2,1H3,(H,26,31). The molecule has 0 spiro atoms. The van der Waals surface area contributed by atoms with E-state index in [4.69, 9.17) is 4.74 Å². The molecule has 0 atom stereocenters. The van der Waals surface area contributed by atoms with Gasteiger partial charge in [0.1, 0.15) is 13.1 Å². The molecule has 0 aliphatic heterocycles. The highest BCUT2D eigenvalue weighted by molar-refractivity contribution is 7.09. The number of carbonyl (C=O) groups is 3. The Morgan fingerprint density at radius 2 is 1.79 bits per heavy atom. The van der Waals surface area contributed by atoms with Crippen molar-refractivity contribution in [2.24, 2.45) is 0 Å². The Morgan fingerprint density at radius 3 is 2.45 bits per heavy atom. The van der Waals surface area contributed by atoms with Gasteiger partial charge >= 0.3 is 12.0 Å². The van der Waals surface area contributed by atoms with E-state index in [1.165, 1.54) is 0 Å². The molecule has 0 radical (unpaired) electrons. The monoisotopic (exact) mass is 471 g/mol. The number of nitrogens with zero attached hydrogens (tertiary/aromatic N) is 2. The van der Waals surface area contributed by atoms with Crippen LogP contribution in [0.3, 0.4) is 0 Å². The highest BCUT2D eigenvalue weighted by Crippen LogP contribution is 2.23. The molecule has 8 heteroatoms. The van der Waals surface area contributed by atoms with Gasteiger partial charge in [0.25, 0.3) is 0 Å². The molecule has 178 valence electrons. The molecule has 1 fully saturated rings. The minimum absolute atomic E-state index is 0.00907. The van der Waals surface area contributed by atoms with Gasteiger partial charge in [-0.15, -0.1) is 11.3 Å². The number of amides is 3. The first-order valence-electron chi connectivity index (χ1n) is 11.6. The van der Waals surface area contributed by atoms with Gasteiger partial charge in [-0.2, -0.15) is 0 Å². The fourth-order valence-corrected chi connectivity index (χ4v) is 4.81. The second-order valence-corrected chi connectivity index (χ2v) is 9.23. The molecule has 1 aromatic heterocycles. The predicted octanol–water partition coefficient (Wildman–Crippen LogP) is 4.18. The number of carbonyl (C=O) groups excluding carboxylic acids is 3. The van der Waals surface area contributed by atoms with E-state index >= 15 is 0 Å². The van der Waals surface area contributed by atoms with Crippen molar-refractivity contribution in [1.29, 1.82) is 0 Å². The lowest BCUT2D eigenvalue weighted by atomic mass is 9.94. The lowest BCUT2D eigenvalue weighted by Crippen LogP contribution is -2.52. The Labute approximate surface area is 199 Å². The van der Waals surface area contributed by atoms with Gasteiger partial charge in [0.05, 0.1) is 13.2 Å².